The second kappa shape index (κ2) is 5.10. The number of carboxylic acid groups (broad SMARTS) is 1. The van der Waals surface area contributed by atoms with Crippen LogP contribution in [0.5, 0.6) is 0 Å². The Morgan fingerprint density at radius 1 is 1.38 bits per heavy atom. The fraction of sp³-hybridized carbons (Fsp3) is 0.455. The fourth-order valence-corrected chi connectivity index (χ4v) is 2.82. The predicted molar refractivity (Wildman–Crippen MR) is 67.1 cm³/mol. The van der Waals surface area contributed by atoms with Crippen LogP contribution in [0.1, 0.15) is 29.1 Å². The predicted octanol–water partition coefficient (Wildman–Crippen LogP) is 3.36. The van der Waals surface area contributed by atoms with E-state index in [1.54, 1.807) is 19.9 Å². The molecule has 1 aromatic rings. The zero-order valence-corrected chi connectivity index (χ0v) is 11.7. The molecule has 0 spiro atoms. The van der Waals surface area contributed by atoms with Crippen molar-refractivity contribution < 1.29 is 14.7 Å². The number of hydrogen-bond acceptors (Lipinski definition) is 3. The van der Waals surface area contributed by atoms with Crippen molar-refractivity contribution in [2.24, 2.45) is 11.8 Å². The Bertz CT molecular complexity index is 405. The van der Waals surface area contributed by atoms with Gasteiger partial charge in [0, 0.05) is 5.92 Å². The Hall–Kier alpha value is -0.680. The van der Waals surface area contributed by atoms with Crippen molar-refractivity contribution in [3.8, 4) is 0 Å². The molecule has 3 nitrogen and oxygen atoms in total. The van der Waals surface area contributed by atoms with Crippen LogP contribution >= 0.6 is 27.3 Å². The van der Waals surface area contributed by atoms with Gasteiger partial charge in [0.2, 0.25) is 0 Å². The molecule has 0 aliphatic heterocycles. The third-order valence-electron chi connectivity index (χ3n) is 2.65. The highest BCUT2D eigenvalue weighted by atomic mass is 79.9. The minimum absolute atomic E-state index is 0.103. The van der Waals surface area contributed by atoms with Gasteiger partial charge in [-0.1, -0.05) is 13.8 Å². The molecule has 0 amide bonds. The molecule has 0 bridgehead atoms. The van der Waals surface area contributed by atoms with E-state index in [1.807, 2.05) is 6.92 Å². The Kier molecular flexibility index (Phi) is 4.27. The van der Waals surface area contributed by atoms with Crippen molar-refractivity contribution in [2.75, 3.05) is 0 Å². The van der Waals surface area contributed by atoms with Crippen molar-refractivity contribution >= 4 is 39.0 Å². The minimum Gasteiger partial charge on any atom is -0.481 e. The summed E-state index contributed by atoms with van der Waals surface area (Å²) in [6.07, 6.45) is 0. The van der Waals surface area contributed by atoms with E-state index in [9.17, 15) is 9.59 Å². The second-order valence-electron chi connectivity index (χ2n) is 3.85. The first-order chi connectivity index (χ1) is 7.34. The molecule has 88 valence electrons. The normalized spacial score (nSPS) is 14.5. The Morgan fingerprint density at radius 2 is 1.94 bits per heavy atom. The highest BCUT2D eigenvalue weighted by molar-refractivity contribution is 9.11. The highest BCUT2D eigenvalue weighted by Gasteiger charge is 2.27. The summed E-state index contributed by atoms with van der Waals surface area (Å²) < 4.78 is 0.922. The molecule has 0 saturated carbocycles. The van der Waals surface area contributed by atoms with E-state index < -0.39 is 17.8 Å². The standard InChI is InChI=1S/C11H13BrO3S/c1-5-4-8(16-10(5)12)9(13)6(2)7(3)11(14)15/h4,6-7H,1-3H3,(H,14,15). The van der Waals surface area contributed by atoms with Gasteiger partial charge in [-0.3, -0.25) is 9.59 Å². The average molecular weight is 305 g/mol. The van der Waals surface area contributed by atoms with Crippen LogP contribution < -0.4 is 0 Å². The molecule has 0 aliphatic rings. The van der Waals surface area contributed by atoms with Gasteiger partial charge in [-0.15, -0.1) is 11.3 Å². The molecule has 0 radical (unpaired) electrons. The molecule has 2 atom stereocenters. The molecule has 0 aliphatic carbocycles. The number of hydrogen-bond donors (Lipinski definition) is 1. The molecular formula is C11H13BrO3S. The molecule has 0 aromatic carbocycles. The molecule has 1 rings (SSSR count). The van der Waals surface area contributed by atoms with Gasteiger partial charge in [0.25, 0.3) is 0 Å². The topological polar surface area (TPSA) is 54.4 Å². The minimum atomic E-state index is -0.937. The van der Waals surface area contributed by atoms with Crippen molar-refractivity contribution in [3.63, 3.8) is 0 Å². The van der Waals surface area contributed by atoms with Crippen LogP contribution in [0.4, 0.5) is 0 Å². The number of Topliss-reactive ketones (excluding diaryl/α,β-unsaturated/α-hetero) is 1. The lowest BCUT2D eigenvalue weighted by atomic mass is 9.91. The first-order valence-electron chi connectivity index (χ1n) is 4.87. The Labute approximate surface area is 107 Å². The van der Waals surface area contributed by atoms with Gasteiger partial charge < -0.3 is 5.11 Å². The molecule has 1 aromatic heterocycles. The number of carbonyl (C=O) groups is 2. The highest BCUT2D eigenvalue weighted by Crippen LogP contribution is 2.30. The number of rotatable bonds is 4. The maximum atomic E-state index is 12.0. The third kappa shape index (κ3) is 2.71. The molecule has 16 heavy (non-hydrogen) atoms. The number of thiophene rings is 1. The first kappa shape index (κ1) is 13.4. The summed E-state index contributed by atoms with van der Waals surface area (Å²) in [7, 11) is 0. The van der Waals surface area contributed by atoms with E-state index in [0.717, 1.165) is 9.35 Å². The van der Waals surface area contributed by atoms with Crippen LogP contribution in [0, 0.1) is 18.8 Å². The summed E-state index contributed by atoms with van der Waals surface area (Å²) in [5, 5.41) is 8.85. The van der Waals surface area contributed by atoms with E-state index in [0.29, 0.717) is 4.88 Å². The number of carbonyl (C=O) groups excluding carboxylic acids is 1. The maximum absolute atomic E-state index is 12.0. The number of halogens is 1. The summed E-state index contributed by atoms with van der Waals surface area (Å²) in [6, 6.07) is 1.79. The zero-order chi connectivity index (χ0) is 12.5. The molecule has 2 unspecified atom stereocenters. The van der Waals surface area contributed by atoms with Crippen molar-refractivity contribution in [1.82, 2.24) is 0 Å². The lowest BCUT2D eigenvalue weighted by molar-refractivity contribution is -0.142. The Balaban J connectivity index is 2.90. The van der Waals surface area contributed by atoms with Gasteiger partial charge in [-0.2, -0.15) is 0 Å². The summed E-state index contributed by atoms with van der Waals surface area (Å²) in [6.45, 7) is 5.12. The number of ketones is 1. The summed E-state index contributed by atoms with van der Waals surface area (Å²) in [4.78, 5) is 23.4. The smallest absolute Gasteiger partial charge is 0.306 e. The molecular weight excluding hydrogens is 292 g/mol. The maximum Gasteiger partial charge on any atom is 0.306 e. The van der Waals surface area contributed by atoms with E-state index >= 15 is 0 Å². The van der Waals surface area contributed by atoms with E-state index in [1.165, 1.54) is 11.3 Å². The van der Waals surface area contributed by atoms with E-state index in [4.69, 9.17) is 5.11 Å². The SMILES string of the molecule is Cc1cc(C(=O)C(C)C(C)C(=O)O)sc1Br. The quantitative estimate of drug-likeness (QED) is 0.868. The van der Waals surface area contributed by atoms with Gasteiger partial charge >= 0.3 is 5.97 Å². The van der Waals surface area contributed by atoms with Crippen molar-refractivity contribution in [1.29, 1.82) is 0 Å². The van der Waals surface area contributed by atoms with Crippen LogP contribution in [-0.4, -0.2) is 16.9 Å². The van der Waals surface area contributed by atoms with Gasteiger partial charge in [-0.25, -0.2) is 0 Å². The first-order valence-corrected chi connectivity index (χ1v) is 6.48. The lowest BCUT2D eigenvalue weighted by Gasteiger charge is -2.13. The Morgan fingerprint density at radius 3 is 2.31 bits per heavy atom. The third-order valence-corrected chi connectivity index (χ3v) is 4.80. The molecule has 5 heteroatoms. The number of aliphatic carboxylic acids is 1. The average Bonchev–Trinajstić information content (AvgIpc) is 2.55. The van der Waals surface area contributed by atoms with Crippen LogP contribution in [0.15, 0.2) is 9.85 Å². The summed E-state index contributed by atoms with van der Waals surface area (Å²) in [5.74, 6) is -2.20. The summed E-state index contributed by atoms with van der Waals surface area (Å²) in [5.41, 5.74) is 1.00. The van der Waals surface area contributed by atoms with Gasteiger partial charge in [-0.05, 0) is 34.5 Å². The second-order valence-corrected chi connectivity index (χ2v) is 6.22. The van der Waals surface area contributed by atoms with Crippen LogP contribution in [-0.2, 0) is 4.79 Å². The fourth-order valence-electron chi connectivity index (χ4n) is 1.25. The number of carboxylic acids is 1. The molecule has 1 N–H and O–H groups in total. The van der Waals surface area contributed by atoms with E-state index in [-0.39, 0.29) is 5.78 Å². The van der Waals surface area contributed by atoms with Gasteiger partial charge in [0.15, 0.2) is 5.78 Å². The van der Waals surface area contributed by atoms with Crippen molar-refractivity contribution in [3.05, 3.63) is 20.3 Å². The van der Waals surface area contributed by atoms with Gasteiger partial charge in [0.1, 0.15) is 0 Å². The molecule has 0 fully saturated rings. The van der Waals surface area contributed by atoms with Crippen LogP contribution in [0.2, 0.25) is 0 Å². The zero-order valence-electron chi connectivity index (χ0n) is 9.28. The summed E-state index contributed by atoms with van der Waals surface area (Å²) >= 11 is 4.70. The van der Waals surface area contributed by atoms with Crippen molar-refractivity contribution in [2.45, 2.75) is 20.8 Å². The lowest BCUT2D eigenvalue weighted by Crippen LogP contribution is -2.24. The van der Waals surface area contributed by atoms with E-state index in [2.05, 4.69) is 15.9 Å². The van der Waals surface area contributed by atoms with Crippen LogP contribution in [0.25, 0.3) is 0 Å². The monoisotopic (exact) mass is 304 g/mol. The van der Waals surface area contributed by atoms with Gasteiger partial charge in [0.05, 0.1) is 14.6 Å². The van der Waals surface area contributed by atoms with Crippen LogP contribution in [0.3, 0.4) is 0 Å². The largest absolute Gasteiger partial charge is 0.481 e. The molecule has 0 saturated heterocycles. The molecule has 1 heterocycles. The number of aryl methyl sites for hydroxylation is 1.